The summed E-state index contributed by atoms with van der Waals surface area (Å²) in [5.74, 6) is -6.07. The van der Waals surface area contributed by atoms with Crippen LogP contribution in [0.1, 0.15) is 55.6 Å². The van der Waals surface area contributed by atoms with E-state index >= 15 is 0 Å². The highest BCUT2D eigenvalue weighted by molar-refractivity contribution is 6.25. The zero-order valence-corrected chi connectivity index (χ0v) is 24.5. The number of hydrogen-bond acceptors (Lipinski definition) is 10. The number of benzene rings is 1. The predicted molar refractivity (Wildman–Crippen MR) is 149 cm³/mol. The fourth-order valence-corrected chi connectivity index (χ4v) is 6.69. The number of fused-ring (bicyclic) bond motifs is 3. The number of aliphatic hydroxyl groups is 3. The Morgan fingerprint density at radius 2 is 1.76 bits per heavy atom. The highest BCUT2D eigenvalue weighted by atomic mass is 16.3. The number of phenols is 1. The summed E-state index contributed by atoms with van der Waals surface area (Å²) in [4.78, 5) is 55.0. The molecule has 3 aliphatic carbocycles. The van der Waals surface area contributed by atoms with Gasteiger partial charge < -0.3 is 31.1 Å². The molecule has 0 unspecified atom stereocenters. The van der Waals surface area contributed by atoms with Gasteiger partial charge in [-0.05, 0) is 58.1 Å². The second-order valence-corrected chi connectivity index (χ2v) is 12.7. The molecule has 3 aliphatic rings. The van der Waals surface area contributed by atoms with E-state index in [1.54, 1.807) is 48.0 Å². The number of aliphatic hydroxyl groups excluding tert-OH is 2. The first-order valence-corrected chi connectivity index (χ1v) is 13.6. The number of nitrogens with one attached hydrogen (secondary N) is 2. The van der Waals surface area contributed by atoms with Gasteiger partial charge in [0.2, 0.25) is 11.7 Å². The van der Waals surface area contributed by atoms with E-state index in [1.165, 1.54) is 11.0 Å². The van der Waals surface area contributed by atoms with Gasteiger partial charge in [-0.15, -0.1) is 0 Å². The highest BCUT2D eigenvalue weighted by Gasteiger charge is 2.66. The van der Waals surface area contributed by atoms with E-state index in [0.717, 1.165) is 12.5 Å². The van der Waals surface area contributed by atoms with E-state index in [2.05, 4.69) is 10.6 Å². The van der Waals surface area contributed by atoms with Crippen LogP contribution >= 0.6 is 0 Å². The minimum absolute atomic E-state index is 0.0586. The van der Waals surface area contributed by atoms with Crippen molar-refractivity contribution in [1.82, 2.24) is 15.5 Å². The van der Waals surface area contributed by atoms with Crippen molar-refractivity contribution < 1.29 is 39.6 Å². The van der Waals surface area contributed by atoms with Gasteiger partial charge in [0.05, 0.1) is 11.6 Å². The Balaban J connectivity index is 2.05. The number of carbonyl (C=O) groups is 4. The van der Waals surface area contributed by atoms with Gasteiger partial charge in [-0.1, -0.05) is 26.8 Å². The monoisotopic (exact) mass is 569 g/mol. The van der Waals surface area contributed by atoms with Crippen LogP contribution in [0.2, 0.25) is 0 Å². The van der Waals surface area contributed by atoms with E-state index in [1.807, 2.05) is 0 Å². The molecule has 0 spiro atoms. The summed E-state index contributed by atoms with van der Waals surface area (Å²) in [7, 11) is 4.94. The molecular formula is C30H39N3O8. The smallest absolute Gasteiger partial charge is 0.225 e. The van der Waals surface area contributed by atoms with Gasteiger partial charge in [0, 0.05) is 35.4 Å². The standard InChI is InChI=1S/C30H39N3O8/c1-14(34)19-24(37)22(33(6)7)17-11-29(13-32-27(40)28(2,3)4)10-16-15(12-31-5)8-9-18(35)20(16)23(36)21(29)26(39)30(17,41)25(19)38/h8-9,17,22,31,35,37,39,41H,10-13H2,1-7H3,(H,32,40)/t17-,22-,29-,30+/m0/s1. The Hall–Kier alpha value is -3.54. The lowest BCUT2D eigenvalue weighted by molar-refractivity contribution is -0.150. The van der Waals surface area contributed by atoms with Gasteiger partial charge in [-0.3, -0.25) is 24.1 Å². The Kier molecular flexibility index (Phi) is 7.47. The van der Waals surface area contributed by atoms with Crippen LogP contribution in [0.4, 0.5) is 0 Å². The molecule has 0 radical (unpaired) electrons. The molecule has 6 N–H and O–H groups in total. The van der Waals surface area contributed by atoms with Crippen LogP contribution in [0.25, 0.3) is 0 Å². The zero-order valence-electron chi connectivity index (χ0n) is 24.5. The maximum absolute atomic E-state index is 14.2. The number of phenolic OH excluding ortho intramolecular Hbond substituents is 1. The van der Waals surface area contributed by atoms with Crippen molar-refractivity contribution in [1.29, 1.82) is 0 Å². The summed E-state index contributed by atoms with van der Waals surface area (Å²) in [5, 5.41) is 51.7. The zero-order chi connectivity index (χ0) is 30.8. The SMILES string of the molecule is CNCc1ccc(O)c2c1C[C@@]1(CNC(=O)C(C)(C)C)C[C@H]3[C@H](N(C)C)C(O)=C(C(C)=O)C(=O)[C@@]3(O)C(O)=C1C2=O. The molecule has 11 nitrogen and oxygen atoms in total. The molecule has 4 rings (SSSR count). The first-order chi connectivity index (χ1) is 18.9. The second-order valence-electron chi connectivity index (χ2n) is 12.7. The number of amides is 1. The quantitative estimate of drug-likeness (QED) is 0.275. The Morgan fingerprint density at radius 1 is 1.12 bits per heavy atom. The lowest BCUT2D eigenvalue weighted by Gasteiger charge is -2.54. The van der Waals surface area contributed by atoms with Crippen molar-refractivity contribution in [3.8, 4) is 5.75 Å². The summed E-state index contributed by atoms with van der Waals surface area (Å²) >= 11 is 0. The summed E-state index contributed by atoms with van der Waals surface area (Å²) in [6, 6.07) is 1.99. The summed E-state index contributed by atoms with van der Waals surface area (Å²) in [6.07, 6.45) is -0.0365. The number of carbonyl (C=O) groups excluding carboxylic acids is 4. The highest BCUT2D eigenvalue weighted by Crippen LogP contribution is 2.57. The fraction of sp³-hybridized carbons (Fsp3) is 0.533. The number of likely N-dealkylation sites (N-methyl/N-ethyl adjacent to an activating group) is 1. The van der Waals surface area contributed by atoms with E-state index in [4.69, 9.17) is 0 Å². The minimum atomic E-state index is -2.71. The largest absolute Gasteiger partial charge is 0.510 e. The van der Waals surface area contributed by atoms with Gasteiger partial charge >= 0.3 is 0 Å². The number of rotatable bonds is 6. The molecule has 0 bridgehead atoms. The number of Topliss-reactive ketones (excluding diaryl/α,β-unsaturated/α-hetero) is 3. The van der Waals surface area contributed by atoms with E-state index < -0.39 is 62.8 Å². The molecule has 0 aromatic heterocycles. The van der Waals surface area contributed by atoms with Crippen LogP contribution in [0.15, 0.2) is 34.8 Å². The van der Waals surface area contributed by atoms with Crippen molar-refractivity contribution in [2.45, 2.75) is 58.7 Å². The lowest BCUT2D eigenvalue weighted by atomic mass is 9.52. The van der Waals surface area contributed by atoms with E-state index in [-0.39, 0.29) is 42.2 Å². The van der Waals surface area contributed by atoms with E-state index in [9.17, 15) is 39.6 Å². The molecule has 0 saturated carbocycles. The Morgan fingerprint density at radius 3 is 2.29 bits per heavy atom. The average Bonchev–Trinajstić information content (AvgIpc) is 2.85. The molecule has 1 amide bonds. The van der Waals surface area contributed by atoms with Crippen LogP contribution in [-0.4, -0.2) is 87.9 Å². The van der Waals surface area contributed by atoms with Crippen molar-refractivity contribution in [3.05, 3.63) is 51.5 Å². The summed E-state index contributed by atoms with van der Waals surface area (Å²) in [6.45, 7) is 6.49. The molecule has 0 fully saturated rings. The first-order valence-electron chi connectivity index (χ1n) is 13.6. The molecule has 0 heterocycles. The van der Waals surface area contributed by atoms with Crippen LogP contribution in [-0.2, 0) is 27.3 Å². The van der Waals surface area contributed by atoms with Gasteiger partial charge in [-0.2, -0.15) is 0 Å². The number of hydrogen-bond donors (Lipinski definition) is 6. The summed E-state index contributed by atoms with van der Waals surface area (Å²) < 4.78 is 0. The molecule has 0 aliphatic heterocycles. The molecule has 4 atom stereocenters. The summed E-state index contributed by atoms with van der Waals surface area (Å²) in [5.41, 5.74) is -4.59. The topological polar surface area (TPSA) is 176 Å². The molecular weight excluding hydrogens is 530 g/mol. The van der Waals surface area contributed by atoms with Crippen molar-refractivity contribution >= 4 is 23.3 Å². The van der Waals surface area contributed by atoms with Crippen LogP contribution < -0.4 is 10.6 Å². The van der Waals surface area contributed by atoms with Crippen LogP contribution in [0, 0.1) is 16.7 Å². The minimum Gasteiger partial charge on any atom is -0.510 e. The molecule has 41 heavy (non-hydrogen) atoms. The third kappa shape index (κ3) is 4.47. The fourth-order valence-electron chi connectivity index (χ4n) is 6.69. The van der Waals surface area contributed by atoms with Gasteiger partial charge in [0.25, 0.3) is 0 Å². The lowest BCUT2D eigenvalue weighted by Crippen LogP contribution is -2.66. The van der Waals surface area contributed by atoms with Crippen molar-refractivity contribution in [2.75, 3.05) is 27.7 Å². The molecule has 0 saturated heterocycles. The normalized spacial score (nSPS) is 27.9. The third-order valence-electron chi connectivity index (χ3n) is 8.67. The van der Waals surface area contributed by atoms with Gasteiger partial charge in [0.15, 0.2) is 17.2 Å². The molecule has 222 valence electrons. The number of ketones is 3. The number of nitrogens with zero attached hydrogens (tertiary/aromatic N) is 1. The molecule has 1 aromatic rings. The van der Waals surface area contributed by atoms with E-state index in [0.29, 0.717) is 12.1 Å². The van der Waals surface area contributed by atoms with Crippen LogP contribution in [0.5, 0.6) is 5.75 Å². The maximum atomic E-state index is 14.2. The van der Waals surface area contributed by atoms with Crippen molar-refractivity contribution in [2.24, 2.45) is 16.7 Å². The third-order valence-corrected chi connectivity index (χ3v) is 8.67. The second kappa shape index (κ2) is 10.1. The number of aromatic hydroxyl groups is 1. The van der Waals surface area contributed by atoms with Crippen molar-refractivity contribution in [3.63, 3.8) is 0 Å². The van der Waals surface area contributed by atoms with Gasteiger partial charge in [0.1, 0.15) is 22.8 Å². The molecule has 1 aromatic carbocycles. The maximum Gasteiger partial charge on any atom is 0.225 e. The predicted octanol–water partition coefficient (Wildman–Crippen LogP) is 1.48. The molecule has 11 heteroatoms. The Labute approximate surface area is 238 Å². The van der Waals surface area contributed by atoms with Gasteiger partial charge in [-0.25, -0.2) is 0 Å². The first kappa shape index (κ1) is 30.4. The Bertz CT molecular complexity index is 1420. The van der Waals surface area contributed by atoms with Crippen LogP contribution in [0.3, 0.4) is 0 Å². The average molecular weight is 570 g/mol.